The van der Waals surface area contributed by atoms with Crippen LogP contribution in [0.2, 0.25) is 0 Å². The summed E-state index contributed by atoms with van der Waals surface area (Å²) in [5.41, 5.74) is 3.80. The number of nitrogens with one attached hydrogen (secondary N) is 1. The van der Waals surface area contributed by atoms with Gasteiger partial charge in [0.2, 0.25) is 5.91 Å². The van der Waals surface area contributed by atoms with Gasteiger partial charge in [-0.25, -0.2) is 4.79 Å². The molecular formula is C25H32N2O3. The molecule has 1 heterocycles. The highest BCUT2D eigenvalue weighted by molar-refractivity contribution is 5.89. The van der Waals surface area contributed by atoms with Crippen molar-refractivity contribution in [3.05, 3.63) is 65.2 Å². The average Bonchev–Trinajstić information content (AvgIpc) is 2.79. The van der Waals surface area contributed by atoms with E-state index in [0.29, 0.717) is 12.2 Å². The van der Waals surface area contributed by atoms with Crippen molar-refractivity contribution in [3.8, 4) is 0 Å². The number of esters is 1. The van der Waals surface area contributed by atoms with Gasteiger partial charge in [0.15, 0.2) is 0 Å². The van der Waals surface area contributed by atoms with Gasteiger partial charge in [0, 0.05) is 18.8 Å². The Morgan fingerprint density at radius 3 is 2.37 bits per heavy atom. The second-order valence-electron chi connectivity index (χ2n) is 7.73. The van der Waals surface area contributed by atoms with Gasteiger partial charge in [-0.05, 0) is 61.9 Å². The van der Waals surface area contributed by atoms with Gasteiger partial charge >= 0.3 is 5.97 Å². The number of hydrogen-bond donors (Lipinski definition) is 1. The first kappa shape index (κ1) is 21.9. The Balaban J connectivity index is 1.66. The number of amides is 1. The van der Waals surface area contributed by atoms with Gasteiger partial charge in [-0.15, -0.1) is 0 Å². The summed E-state index contributed by atoms with van der Waals surface area (Å²) in [6, 6.07) is 15.5. The van der Waals surface area contributed by atoms with Gasteiger partial charge in [0.05, 0.1) is 24.6 Å². The highest BCUT2D eigenvalue weighted by Crippen LogP contribution is 2.30. The van der Waals surface area contributed by atoms with E-state index in [1.807, 2.05) is 18.2 Å². The van der Waals surface area contributed by atoms with E-state index >= 15 is 0 Å². The minimum Gasteiger partial charge on any atom is -0.462 e. The summed E-state index contributed by atoms with van der Waals surface area (Å²) in [7, 11) is 0. The van der Waals surface area contributed by atoms with E-state index < -0.39 is 0 Å². The van der Waals surface area contributed by atoms with Crippen molar-refractivity contribution in [2.24, 2.45) is 0 Å². The Hall–Kier alpha value is -2.82. The molecular weight excluding hydrogens is 376 g/mol. The lowest BCUT2D eigenvalue weighted by molar-refractivity contribution is -0.121. The molecule has 0 saturated carbocycles. The molecule has 1 aliphatic heterocycles. The van der Waals surface area contributed by atoms with Gasteiger partial charge in [0.1, 0.15) is 0 Å². The van der Waals surface area contributed by atoms with Crippen LogP contribution in [0.5, 0.6) is 0 Å². The predicted molar refractivity (Wildman–Crippen MR) is 120 cm³/mol. The van der Waals surface area contributed by atoms with E-state index in [2.05, 4.69) is 35.3 Å². The van der Waals surface area contributed by atoms with E-state index in [9.17, 15) is 9.59 Å². The summed E-state index contributed by atoms with van der Waals surface area (Å²) in [6.45, 7) is 6.39. The van der Waals surface area contributed by atoms with Crippen LogP contribution >= 0.6 is 0 Å². The molecule has 5 nitrogen and oxygen atoms in total. The van der Waals surface area contributed by atoms with E-state index in [0.717, 1.165) is 25.1 Å². The molecule has 2 aromatic carbocycles. The summed E-state index contributed by atoms with van der Waals surface area (Å²) < 4.78 is 5.00. The normalized spacial score (nSPS) is 14.8. The van der Waals surface area contributed by atoms with Gasteiger partial charge < -0.3 is 15.0 Å². The first-order chi connectivity index (χ1) is 14.6. The van der Waals surface area contributed by atoms with Crippen molar-refractivity contribution >= 4 is 17.6 Å². The smallest absolute Gasteiger partial charge is 0.338 e. The quantitative estimate of drug-likeness (QED) is 0.645. The van der Waals surface area contributed by atoms with Crippen LogP contribution in [-0.2, 0) is 16.0 Å². The number of nitrogens with zero attached hydrogens (tertiary/aromatic N) is 1. The lowest BCUT2D eigenvalue weighted by Crippen LogP contribution is -2.34. The molecule has 0 bridgehead atoms. The molecule has 1 amide bonds. The third-order valence-corrected chi connectivity index (χ3v) is 5.58. The van der Waals surface area contributed by atoms with Gasteiger partial charge in [-0.2, -0.15) is 0 Å². The molecule has 1 fully saturated rings. The highest BCUT2D eigenvalue weighted by atomic mass is 16.5. The van der Waals surface area contributed by atoms with Crippen LogP contribution in [0, 0.1) is 0 Å². The predicted octanol–water partition coefficient (Wildman–Crippen LogP) is 4.66. The summed E-state index contributed by atoms with van der Waals surface area (Å²) in [5.74, 6) is -0.354. The summed E-state index contributed by atoms with van der Waals surface area (Å²) in [4.78, 5) is 27.0. The van der Waals surface area contributed by atoms with Crippen LogP contribution in [0.25, 0.3) is 0 Å². The van der Waals surface area contributed by atoms with E-state index in [-0.39, 0.29) is 24.3 Å². The number of carbonyl (C=O) groups excluding carboxylic acids is 2. The monoisotopic (exact) mass is 408 g/mol. The minimum absolute atomic E-state index is 0.0146. The zero-order valence-corrected chi connectivity index (χ0v) is 18.0. The number of ether oxygens (including phenoxy) is 1. The lowest BCUT2D eigenvalue weighted by atomic mass is 9.99. The molecule has 1 aliphatic rings. The van der Waals surface area contributed by atoms with Crippen LogP contribution in [-0.4, -0.2) is 31.6 Å². The molecule has 5 heteroatoms. The Labute approximate surface area is 179 Å². The molecule has 0 radical (unpaired) electrons. The Bertz CT molecular complexity index is 842. The van der Waals surface area contributed by atoms with Crippen LogP contribution in [0.1, 0.15) is 67.1 Å². The van der Waals surface area contributed by atoms with Crippen molar-refractivity contribution in [3.63, 3.8) is 0 Å². The van der Waals surface area contributed by atoms with Crippen LogP contribution in [0.15, 0.2) is 48.5 Å². The molecule has 2 aromatic rings. The van der Waals surface area contributed by atoms with Crippen molar-refractivity contribution in [1.82, 2.24) is 5.32 Å². The van der Waals surface area contributed by atoms with Crippen molar-refractivity contribution < 1.29 is 14.3 Å². The van der Waals surface area contributed by atoms with Crippen LogP contribution in [0.4, 0.5) is 5.69 Å². The highest BCUT2D eigenvalue weighted by Gasteiger charge is 2.20. The molecule has 1 unspecified atom stereocenters. The molecule has 0 aromatic heterocycles. The number of benzene rings is 2. The fourth-order valence-electron chi connectivity index (χ4n) is 4.01. The molecule has 0 aliphatic carbocycles. The number of carbonyl (C=O) groups is 2. The molecule has 0 spiro atoms. The maximum Gasteiger partial charge on any atom is 0.338 e. The van der Waals surface area contributed by atoms with Gasteiger partial charge in [0.25, 0.3) is 0 Å². The van der Waals surface area contributed by atoms with Crippen molar-refractivity contribution in [2.45, 2.75) is 52.0 Å². The fourth-order valence-corrected chi connectivity index (χ4v) is 4.01. The van der Waals surface area contributed by atoms with E-state index in [1.165, 1.54) is 30.5 Å². The lowest BCUT2D eigenvalue weighted by Gasteiger charge is -2.32. The topological polar surface area (TPSA) is 58.6 Å². The Morgan fingerprint density at radius 2 is 1.70 bits per heavy atom. The fraction of sp³-hybridized carbons (Fsp3) is 0.440. The third-order valence-electron chi connectivity index (χ3n) is 5.58. The first-order valence-corrected chi connectivity index (χ1v) is 11.0. The Kier molecular flexibility index (Phi) is 7.89. The molecule has 3 rings (SSSR count). The number of piperidine rings is 1. The largest absolute Gasteiger partial charge is 0.462 e. The third kappa shape index (κ3) is 5.62. The second kappa shape index (κ2) is 10.8. The molecule has 30 heavy (non-hydrogen) atoms. The number of rotatable bonds is 8. The summed E-state index contributed by atoms with van der Waals surface area (Å²) in [5, 5.41) is 3.21. The summed E-state index contributed by atoms with van der Waals surface area (Å²) >= 11 is 0. The van der Waals surface area contributed by atoms with Crippen molar-refractivity contribution in [1.29, 1.82) is 0 Å². The van der Waals surface area contributed by atoms with Crippen LogP contribution < -0.4 is 10.2 Å². The van der Waals surface area contributed by atoms with Crippen LogP contribution in [0.3, 0.4) is 0 Å². The minimum atomic E-state index is -0.339. The zero-order chi connectivity index (χ0) is 21.3. The molecule has 160 valence electrons. The maximum atomic E-state index is 12.7. The zero-order valence-electron chi connectivity index (χ0n) is 18.0. The molecule has 1 atom stereocenters. The molecule has 1 N–H and O–H groups in total. The van der Waals surface area contributed by atoms with Crippen molar-refractivity contribution in [2.75, 3.05) is 24.6 Å². The first-order valence-electron chi connectivity index (χ1n) is 11.0. The number of anilines is 1. The second-order valence-corrected chi connectivity index (χ2v) is 7.73. The standard InChI is InChI=1S/C25H32N2O3/c1-3-22(21-10-6-7-11-23(21)27-16-8-5-9-17-27)26-24(28)18-19-12-14-20(15-13-19)25(29)30-4-2/h6-7,10-15,22H,3-5,8-9,16-18H2,1-2H3,(H,26,28). The number of para-hydroxylation sites is 1. The maximum absolute atomic E-state index is 12.7. The summed E-state index contributed by atoms with van der Waals surface area (Å²) in [6.07, 6.45) is 4.85. The number of hydrogen-bond acceptors (Lipinski definition) is 4. The Morgan fingerprint density at radius 1 is 1.00 bits per heavy atom. The molecule has 1 saturated heterocycles. The SMILES string of the molecule is CCOC(=O)c1ccc(CC(=O)NC(CC)c2ccccc2N2CCCCC2)cc1. The van der Waals surface area contributed by atoms with Gasteiger partial charge in [-0.1, -0.05) is 37.3 Å². The van der Waals surface area contributed by atoms with E-state index in [4.69, 9.17) is 4.74 Å². The van der Waals surface area contributed by atoms with E-state index in [1.54, 1.807) is 19.1 Å². The average molecular weight is 409 g/mol. The van der Waals surface area contributed by atoms with Gasteiger partial charge in [-0.3, -0.25) is 4.79 Å².